The molecule has 0 radical (unpaired) electrons. The van der Waals surface area contributed by atoms with Gasteiger partial charge in [0.1, 0.15) is 12.1 Å². The molecule has 4 nitrogen and oxygen atoms in total. The molecule has 4 aromatic rings. The van der Waals surface area contributed by atoms with Crippen molar-refractivity contribution in [3.05, 3.63) is 90.0 Å². The van der Waals surface area contributed by atoms with Gasteiger partial charge in [-0.25, -0.2) is 0 Å². The fourth-order valence-corrected chi connectivity index (χ4v) is 3.65. The van der Waals surface area contributed by atoms with Crippen molar-refractivity contribution in [3.63, 3.8) is 0 Å². The number of benzene rings is 4. The minimum Gasteiger partial charge on any atom is -0.453 e. The van der Waals surface area contributed by atoms with Crippen LogP contribution in [0.2, 0.25) is 0 Å². The van der Waals surface area contributed by atoms with E-state index in [2.05, 4.69) is 12.1 Å². The van der Waals surface area contributed by atoms with Crippen LogP contribution in [0.3, 0.4) is 0 Å². The van der Waals surface area contributed by atoms with Gasteiger partial charge in [0.05, 0.1) is 28.2 Å². The summed E-state index contributed by atoms with van der Waals surface area (Å²) in [5, 5.41) is 21.6. The van der Waals surface area contributed by atoms with Gasteiger partial charge in [0.25, 0.3) is 0 Å². The van der Waals surface area contributed by atoms with Gasteiger partial charge in [-0.3, -0.25) is 0 Å². The van der Waals surface area contributed by atoms with E-state index in [9.17, 15) is 10.5 Å². The summed E-state index contributed by atoms with van der Waals surface area (Å²) in [6, 6.07) is 29.4. The molecule has 28 heavy (non-hydrogen) atoms. The molecule has 130 valence electrons. The zero-order valence-electron chi connectivity index (χ0n) is 14.8. The second-order valence-electron chi connectivity index (χ2n) is 6.50. The van der Waals surface area contributed by atoms with Crippen LogP contribution in [0.15, 0.2) is 78.9 Å². The van der Waals surface area contributed by atoms with Gasteiger partial charge < -0.3 is 9.64 Å². The summed E-state index contributed by atoms with van der Waals surface area (Å²) in [7, 11) is 0. The quantitative estimate of drug-likeness (QED) is 0.360. The molecule has 0 saturated carbocycles. The molecule has 0 aromatic heterocycles. The van der Waals surface area contributed by atoms with E-state index in [0.717, 1.165) is 22.1 Å². The average Bonchev–Trinajstić information content (AvgIpc) is 2.75. The van der Waals surface area contributed by atoms with Crippen molar-refractivity contribution in [1.29, 1.82) is 10.5 Å². The summed E-state index contributed by atoms with van der Waals surface area (Å²) in [6.07, 6.45) is 0. The Balaban J connectivity index is 1.88. The first kappa shape index (κ1) is 15.9. The fraction of sp³-hybridized carbons (Fsp3) is 0. The van der Waals surface area contributed by atoms with Crippen molar-refractivity contribution in [3.8, 4) is 23.6 Å². The lowest BCUT2D eigenvalue weighted by molar-refractivity contribution is 0.477. The minimum atomic E-state index is 0.440. The van der Waals surface area contributed by atoms with E-state index in [1.54, 1.807) is 18.2 Å². The molecule has 0 atom stereocenters. The van der Waals surface area contributed by atoms with Crippen molar-refractivity contribution in [2.45, 2.75) is 0 Å². The molecule has 4 aromatic carbocycles. The van der Waals surface area contributed by atoms with E-state index in [1.165, 1.54) is 0 Å². The molecule has 0 N–H and O–H groups in total. The summed E-state index contributed by atoms with van der Waals surface area (Å²) in [6.45, 7) is 0. The average molecular weight is 359 g/mol. The number of fused-ring (bicyclic) bond motifs is 3. The Morgan fingerprint density at radius 2 is 1.29 bits per heavy atom. The standard InChI is InChI=1S/C24H13N3O/c25-14-18-8-5-9-19(15-26)24(18)27-20-10-3-4-11-22(20)28-23-13-17-7-2-1-6-16(17)12-21(23)27/h1-13H. The van der Waals surface area contributed by atoms with Crippen LogP contribution < -0.4 is 9.64 Å². The van der Waals surface area contributed by atoms with Crippen LogP contribution in [0, 0.1) is 22.7 Å². The third kappa shape index (κ3) is 2.30. The first-order chi connectivity index (χ1) is 13.8. The summed E-state index contributed by atoms with van der Waals surface area (Å²) < 4.78 is 6.18. The van der Waals surface area contributed by atoms with Crippen molar-refractivity contribution >= 4 is 27.8 Å². The molecule has 0 spiro atoms. The van der Waals surface area contributed by atoms with Gasteiger partial charge in [0.2, 0.25) is 0 Å². The van der Waals surface area contributed by atoms with E-state index < -0.39 is 0 Å². The van der Waals surface area contributed by atoms with Gasteiger partial charge in [-0.15, -0.1) is 0 Å². The van der Waals surface area contributed by atoms with Crippen LogP contribution >= 0.6 is 0 Å². The van der Waals surface area contributed by atoms with Crippen LogP contribution in [-0.2, 0) is 0 Å². The first-order valence-electron chi connectivity index (χ1n) is 8.83. The maximum Gasteiger partial charge on any atom is 0.152 e. The van der Waals surface area contributed by atoms with E-state index >= 15 is 0 Å². The molecule has 0 aliphatic carbocycles. The predicted octanol–water partition coefficient (Wildman–Crippen LogP) is 6.16. The van der Waals surface area contributed by atoms with Gasteiger partial charge in [-0.1, -0.05) is 42.5 Å². The highest BCUT2D eigenvalue weighted by molar-refractivity contribution is 5.96. The van der Waals surface area contributed by atoms with E-state index in [-0.39, 0.29) is 0 Å². The molecule has 4 heteroatoms. The van der Waals surface area contributed by atoms with Crippen LogP contribution in [0.4, 0.5) is 17.1 Å². The van der Waals surface area contributed by atoms with Gasteiger partial charge in [-0.05, 0) is 47.2 Å². The number of rotatable bonds is 1. The lowest BCUT2D eigenvalue weighted by Crippen LogP contribution is -2.18. The molecule has 1 aliphatic heterocycles. The van der Waals surface area contributed by atoms with Gasteiger partial charge in [0.15, 0.2) is 11.5 Å². The Kier molecular flexibility index (Phi) is 3.50. The fourth-order valence-electron chi connectivity index (χ4n) is 3.65. The maximum absolute atomic E-state index is 9.72. The van der Waals surface area contributed by atoms with Gasteiger partial charge in [-0.2, -0.15) is 10.5 Å². The highest BCUT2D eigenvalue weighted by Crippen LogP contribution is 2.52. The SMILES string of the molecule is N#Cc1cccc(C#N)c1N1c2ccccc2Oc2cc3ccccc3cc21. The van der Waals surface area contributed by atoms with Crippen LogP contribution in [0.1, 0.15) is 11.1 Å². The predicted molar refractivity (Wildman–Crippen MR) is 108 cm³/mol. The summed E-state index contributed by atoms with van der Waals surface area (Å²) in [4.78, 5) is 1.96. The van der Waals surface area contributed by atoms with Crippen molar-refractivity contribution in [1.82, 2.24) is 0 Å². The Morgan fingerprint density at radius 1 is 0.643 bits per heavy atom. The van der Waals surface area contributed by atoms with E-state index in [4.69, 9.17) is 4.74 Å². The number of nitriles is 2. The number of ether oxygens (including phenoxy) is 1. The molecule has 0 unspecified atom stereocenters. The van der Waals surface area contributed by atoms with Crippen molar-refractivity contribution in [2.24, 2.45) is 0 Å². The van der Waals surface area contributed by atoms with Crippen LogP contribution in [-0.4, -0.2) is 0 Å². The lowest BCUT2D eigenvalue weighted by Gasteiger charge is -2.34. The second-order valence-corrected chi connectivity index (χ2v) is 6.50. The first-order valence-corrected chi connectivity index (χ1v) is 8.83. The number of hydrogen-bond acceptors (Lipinski definition) is 4. The van der Waals surface area contributed by atoms with Crippen molar-refractivity contribution in [2.75, 3.05) is 4.90 Å². The third-order valence-electron chi connectivity index (χ3n) is 4.89. The number of hydrogen-bond donors (Lipinski definition) is 0. The van der Waals surface area contributed by atoms with Crippen LogP contribution in [0.5, 0.6) is 11.5 Å². The molecule has 0 saturated heterocycles. The molecule has 0 bridgehead atoms. The van der Waals surface area contributed by atoms with Crippen LogP contribution in [0.25, 0.3) is 10.8 Å². The number of nitrogens with zero attached hydrogens (tertiary/aromatic N) is 3. The Labute approximate surface area is 162 Å². The Morgan fingerprint density at radius 3 is 2.00 bits per heavy atom. The molecule has 5 rings (SSSR count). The van der Waals surface area contributed by atoms with E-state index in [0.29, 0.717) is 28.3 Å². The topological polar surface area (TPSA) is 60.0 Å². The molecule has 0 fully saturated rings. The summed E-state index contributed by atoms with van der Waals surface area (Å²) in [5.74, 6) is 1.37. The van der Waals surface area contributed by atoms with E-state index in [1.807, 2.05) is 65.6 Å². The minimum absolute atomic E-state index is 0.440. The zero-order valence-corrected chi connectivity index (χ0v) is 14.8. The highest BCUT2D eigenvalue weighted by Gasteiger charge is 2.29. The third-order valence-corrected chi connectivity index (χ3v) is 4.89. The van der Waals surface area contributed by atoms with Gasteiger partial charge >= 0.3 is 0 Å². The maximum atomic E-state index is 9.72. The lowest BCUT2D eigenvalue weighted by atomic mass is 10.0. The summed E-state index contributed by atoms with van der Waals surface area (Å²) >= 11 is 0. The smallest absolute Gasteiger partial charge is 0.152 e. The van der Waals surface area contributed by atoms with Gasteiger partial charge in [0, 0.05) is 0 Å². The molecular formula is C24H13N3O. The molecule has 0 amide bonds. The Hall–Kier alpha value is -4.28. The zero-order chi connectivity index (χ0) is 19.1. The molecule has 1 heterocycles. The highest BCUT2D eigenvalue weighted by atomic mass is 16.5. The summed E-state index contributed by atoms with van der Waals surface area (Å²) in [5.41, 5.74) is 3.05. The Bertz CT molecular complexity index is 1300. The molecule has 1 aliphatic rings. The largest absolute Gasteiger partial charge is 0.453 e. The monoisotopic (exact) mass is 359 g/mol. The molecular weight excluding hydrogens is 346 g/mol. The number of anilines is 3. The number of para-hydroxylation sites is 3. The second kappa shape index (κ2) is 6.16. The normalized spacial score (nSPS) is 11.7. The van der Waals surface area contributed by atoms with Crippen molar-refractivity contribution < 1.29 is 4.74 Å².